The molecule has 0 spiro atoms. The molecule has 0 saturated carbocycles. The Morgan fingerprint density at radius 2 is 1.77 bits per heavy atom. The molecular formula is C16H12N4O2. The molecule has 6 nitrogen and oxygen atoms in total. The second-order valence-electron chi connectivity index (χ2n) is 5.24. The molecule has 0 unspecified atom stereocenters. The Balaban J connectivity index is 2.00. The van der Waals surface area contributed by atoms with E-state index in [-0.39, 0.29) is 11.8 Å². The molecule has 22 heavy (non-hydrogen) atoms. The van der Waals surface area contributed by atoms with Gasteiger partial charge in [-0.15, -0.1) is 0 Å². The molecule has 108 valence electrons. The van der Waals surface area contributed by atoms with Gasteiger partial charge in [-0.1, -0.05) is 18.2 Å². The normalized spacial score (nSPS) is 14.0. The van der Waals surface area contributed by atoms with E-state index in [0.29, 0.717) is 33.5 Å². The number of aromatic nitrogens is 3. The van der Waals surface area contributed by atoms with E-state index in [9.17, 15) is 9.59 Å². The van der Waals surface area contributed by atoms with Gasteiger partial charge in [0.15, 0.2) is 5.65 Å². The van der Waals surface area contributed by atoms with Crippen LogP contribution in [0.1, 0.15) is 26.4 Å². The lowest BCUT2D eigenvalue weighted by atomic mass is 10.1. The smallest absolute Gasteiger partial charge is 0.267 e. The molecule has 1 aliphatic rings. The molecule has 1 aliphatic heterocycles. The molecule has 0 fully saturated rings. The number of aryl methyl sites for hydroxylation is 2. The number of rotatable bonds is 1. The average molecular weight is 292 g/mol. The topological polar surface area (TPSA) is 68.1 Å². The third kappa shape index (κ3) is 1.49. The van der Waals surface area contributed by atoms with Gasteiger partial charge in [0.1, 0.15) is 0 Å². The van der Waals surface area contributed by atoms with E-state index in [2.05, 4.69) is 10.1 Å². The first-order valence-corrected chi connectivity index (χ1v) is 6.85. The van der Waals surface area contributed by atoms with Crippen LogP contribution in [0.15, 0.2) is 36.5 Å². The number of para-hydroxylation sites is 1. The van der Waals surface area contributed by atoms with Gasteiger partial charge >= 0.3 is 0 Å². The van der Waals surface area contributed by atoms with Crippen LogP contribution in [0.3, 0.4) is 0 Å². The zero-order valence-corrected chi connectivity index (χ0v) is 12.1. The predicted octanol–water partition coefficient (Wildman–Crippen LogP) is 2.08. The van der Waals surface area contributed by atoms with Crippen LogP contribution in [-0.4, -0.2) is 26.6 Å². The zero-order valence-electron chi connectivity index (χ0n) is 12.1. The van der Waals surface area contributed by atoms with Gasteiger partial charge < -0.3 is 0 Å². The first kappa shape index (κ1) is 12.7. The Morgan fingerprint density at radius 1 is 1.05 bits per heavy atom. The average Bonchev–Trinajstić information content (AvgIpc) is 2.95. The summed E-state index contributed by atoms with van der Waals surface area (Å²) in [5.74, 6) is -0.668. The number of anilines is 1. The molecule has 4 rings (SSSR count). The van der Waals surface area contributed by atoms with E-state index < -0.39 is 0 Å². The highest BCUT2D eigenvalue weighted by Crippen LogP contribution is 2.33. The van der Waals surface area contributed by atoms with E-state index in [0.717, 1.165) is 0 Å². The summed E-state index contributed by atoms with van der Waals surface area (Å²) in [7, 11) is 1.77. The molecule has 6 heteroatoms. The van der Waals surface area contributed by atoms with Crippen molar-refractivity contribution in [2.45, 2.75) is 6.92 Å². The monoisotopic (exact) mass is 292 g/mol. The number of carbonyl (C=O) groups is 2. The number of fused-ring (bicyclic) bond motifs is 3. The van der Waals surface area contributed by atoms with Crippen molar-refractivity contribution in [2.24, 2.45) is 7.05 Å². The Morgan fingerprint density at radius 3 is 2.50 bits per heavy atom. The van der Waals surface area contributed by atoms with Crippen LogP contribution in [0.2, 0.25) is 0 Å². The van der Waals surface area contributed by atoms with E-state index in [1.54, 1.807) is 36.0 Å². The number of hydrogen-bond acceptors (Lipinski definition) is 4. The van der Waals surface area contributed by atoms with Crippen molar-refractivity contribution in [1.29, 1.82) is 0 Å². The molecule has 0 bridgehead atoms. The molecular weight excluding hydrogens is 280 g/mol. The maximum absolute atomic E-state index is 12.8. The van der Waals surface area contributed by atoms with E-state index >= 15 is 0 Å². The standard InChI is InChI=1S/C16H12N4O2/c1-9-12-13-11(8-17-14(12)19(2)18-9)15(21)20(16(13)22)10-6-4-3-5-7-10/h3-8H,1-2H3. The zero-order chi connectivity index (χ0) is 15.4. The van der Waals surface area contributed by atoms with Gasteiger partial charge in [-0.05, 0) is 19.1 Å². The van der Waals surface area contributed by atoms with Crippen LogP contribution in [0, 0.1) is 6.92 Å². The number of hydrogen-bond donors (Lipinski definition) is 0. The Kier molecular flexibility index (Phi) is 2.45. The van der Waals surface area contributed by atoms with Gasteiger partial charge in [0.25, 0.3) is 11.8 Å². The summed E-state index contributed by atoms with van der Waals surface area (Å²) in [6, 6.07) is 8.90. The summed E-state index contributed by atoms with van der Waals surface area (Å²) in [5, 5.41) is 4.95. The van der Waals surface area contributed by atoms with Gasteiger partial charge in [-0.25, -0.2) is 9.88 Å². The third-order valence-corrected chi connectivity index (χ3v) is 3.89. The third-order valence-electron chi connectivity index (χ3n) is 3.89. The number of amides is 2. The molecule has 0 radical (unpaired) electrons. The summed E-state index contributed by atoms with van der Waals surface area (Å²) in [5.41, 5.74) is 2.58. The maximum Gasteiger partial charge on any atom is 0.267 e. The van der Waals surface area contributed by atoms with Crippen molar-refractivity contribution in [3.63, 3.8) is 0 Å². The molecule has 2 amide bonds. The number of pyridine rings is 1. The highest BCUT2D eigenvalue weighted by molar-refractivity contribution is 6.37. The largest absolute Gasteiger partial charge is 0.268 e. The number of imide groups is 1. The number of carbonyl (C=O) groups excluding carboxylic acids is 2. The molecule has 0 saturated heterocycles. The van der Waals surface area contributed by atoms with E-state index in [1.807, 2.05) is 13.0 Å². The lowest BCUT2D eigenvalue weighted by molar-refractivity contribution is 0.0926. The van der Waals surface area contributed by atoms with Crippen LogP contribution < -0.4 is 4.90 Å². The fourth-order valence-electron chi connectivity index (χ4n) is 2.93. The van der Waals surface area contributed by atoms with Crippen molar-refractivity contribution >= 4 is 28.5 Å². The van der Waals surface area contributed by atoms with Crippen molar-refractivity contribution in [1.82, 2.24) is 14.8 Å². The summed E-state index contributed by atoms with van der Waals surface area (Å²) < 4.78 is 1.62. The highest BCUT2D eigenvalue weighted by Gasteiger charge is 2.39. The predicted molar refractivity (Wildman–Crippen MR) is 80.8 cm³/mol. The van der Waals surface area contributed by atoms with Gasteiger partial charge in [0.05, 0.1) is 27.9 Å². The van der Waals surface area contributed by atoms with Crippen molar-refractivity contribution in [2.75, 3.05) is 4.90 Å². The van der Waals surface area contributed by atoms with E-state index in [1.165, 1.54) is 11.1 Å². The molecule has 0 N–H and O–H groups in total. The summed E-state index contributed by atoms with van der Waals surface area (Å²) in [6.07, 6.45) is 1.46. The fourth-order valence-corrected chi connectivity index (χ4v) is 2.93. The van der Waals surface area contributed by atoms with Gasteiger partial charge in [0.2, 0.25) is 0 Å². The van der Waals surface area contributed by atoms with Crippen molar-refractivity contribution in [3.8, 4) is 0 Å². The second kappa shape index (κ2) is 4.24. The minimum absolute atomic E-state index is 0.324. The Hall–Kier alpha value is -3.02. The van der Waals surface area contributed by atoms with Crippen LogP contribution in [0.5, 0.6) is 0 Å². The fraction of sp³-hybridized carbons (Fsp3) is 0.125. The number of benzene rings is 1. The SMILES string of the molecule is Cc1nn(C)c2ncc3c(c12)C(=O)N(c1ccccc1)C3=O. The minimum atomic E-state index is -0.344. The maximum atomic E-state index is 12.8. The quantitative estimate of drug-likeness (QED) is 0.644. The van der Waals surface area contributed by atoms with Crippen LogP contribution in [0.4, 0.5) is 5.69 Å². The molecule has 3 heterocycles. The van der Waals surface area contributed by atoms with Gasteiger partial charge in [0, 0.05) is 13.2 Å². The molecule has 0 aliphatic carbocycles. The summed E-state index contributed by atoms with van der Waals surface area (Å²) in [6.45, 7) is 1.81. The molecule has 0 atom stereocenters. The first-order valence-electron chi connectivity index (χ1n) is 6.85. The Labute approximate surface area is 126 Å². The van der Waals surface area contributed by atoms with Crippen molar-refractivity contribution < 1.29 is 9.59 Å². The summed E-state index contributed by atoms with van der Waals surface area (Å²) >= 11 is 0. The van der Waals surface area contributed by atoms with Crippen LogP contribution in [0.25, 0.3) is 11.0 Å². The molecule has 2 aromatic heterocycles. The van der Waals surface area contributed by atoms with Crippen molar-refractivity contribution in [3.05, 3.63) is 53.3 Å². The Bertz CT molecular complexity index is 944. The second-order valence-corrected chi connectivity index (χ2v) is 5.24. The molecule has 1 aromatic carbocycles. The van der Waals surface area contributed by atoms with Crippen LogP contribution in [-0.2, 0) is 7.05 Å². The first-order chi connectivity index (χ1) is 10.6. The van der Waals surface area contributed by atoms with Gasteiger partial charge in [-0.2, -0.15) is 5.10 Å². The van der Waals surface area contributed by atoms with E-state index in [4.69, 9.17) is 0 Å². The lowest BCUT2D eigenvalue weighted by Crippen LogP contribution is -2.29. The van der Waals surface area contributed by atoms with Gasteiger partial charge in [-0.3, -0.25) is 14.3 Å². The number of nitrogens with zero attached hydrogens (tertiary/aromatic N) is 4. The highest BCUT2D eigenvalue weighted by atomic mass is 16.2. The lowest BCUT2D eigenvalue weighted by Gasteiger charge is -2.13. The molecule has 3 aromatic rings. The minimum Gasteiger partial charge on any atom is -0.268 e. The van der Waals surface area contributed by atoms with Crippen LogP contribution >= 0.6 is 0 Å². The summed E-state index contributed by atoms with van der Waals surface area (Å²) in [4.78, 5) is 30.9.